The van der Waals surface area contributed by atoms with E-state index in [0.29, 0.717) is 6.07 Å². The summed E-state index contributed by atoms with van der Waals surface area (Å²) in [5.41, 5.74) is 0.415. The van der Waals surface area contributed by atoms with Gasteiger partial charge in [0, 0.05) is 6.07 Å². The Morgan fingerprint density at radius 3 is 2.50 bits per heavy atom. The number of para-hydroxylation sites is 1. The predicted molar refractivity (Wildman–Crippen MR) is 82.9 cm³/mol. The Balaban J connectivity index is 2.11. The molecule has 0 saturated carbocycles. The van der Waals surface area contributed by atoms with Gasteiger partial charge in [0.15, 0.2) is 17.7 Å². The minimum atomic E-state index is -1.07. The fourth-order valence-electron chi connectivity index (χ4n) is 1.93. The standard InChI is InChI=1S/C17H15F2NO4/c1-10(24-15-8-7-11(18)9-13(15)19)16(21)20-14-6-4-3-5-12(14)17(22)23-2/h3-10H,1-2H3,(H,20,21)/t10-/m1/s1. The highest BCUT2D eigenvalue weighted by Crippen LogP contribution is 2.20. The summed E-state index contributed by atoms with van der Waals surface area (Å²) in [7, 11) is 1.23. The molecule has 0 bridgehead atoms. The molecule has 0 radical (unpaired) electrons. The SMILES string of the molecule is COC(=O)c1ccccc1NC(=O)[C@@H](C)Oc1ccc(F)cc1F. The topological polar surface area (TPSA) is 64.6 Å². The highest BCUT2D eigenvalue weighted by atomic mass is 19.1. The van der Waals surface area contributed by atoms with E-state index in [-0.39, 0.29) is 17.0 Å². The van der Waals surface area contributed by atoms with E-state index >= 15 is 0 Å². The number of amides is 1. The van der Waals surface area contributed by atoms with Crippen LogP contribution in [0.3, 0.4) is 0 Å². The Morgan fingerprint density at radius 1 is 1.12 bits per heavy atom. The maximum absolute atomic E-state index is 13.6. The second-order valence-electron chi connectivity index (χ2n) is 4.86. The van der Waals surface area contributed by atoms with Crippen molar-refractivity contribution in [2.24, 2.45) is 0 Å². The summed E-state index contributed by atoms with van der Waals surface area (Å²) in [6.45, 7) is 1.40. The van der Waals surface area contributed by atoms with E-state index in [0.717, 1.165) is 12.1 Å². The van der Waals surface area contributed by atoms with E-state index in [2.05, 4.69) is 10.1 Å². The van der Waals surface area contributed by atoms with E-state index in [1.54, 1.807) is 12.1 Å². The van der Waals surface area contributed by atoms with Gasteiger partial charge in [-0.2, -0.15) is 0 Å². The second-order valence-corrected chi connectivity index (χ2v) is 4.86. The van der Waals surface area contributed by atoms with Gasteiger partial charge < -0.3 is 14.8 Å². The zero-order chi connectivity index (χ0) is 17.7. The number of hydrogen-bond acceptors (Lipinski definition) is 4. The highest BCUT2D eigenvalue weighted by Gasteiger charge is 2.20. The largest absolute Gasteiger partial charge is 0.478 e. The summed E-state index contributed by atoms with van der Waals surface area (Å²) >= 11 is 0. The molecule has 0 heterocycles. The smallest absolute Gasteiger partial charge is 0.339 e. The lowest BCUT2D eigenvalue weighted by Gasteiger charge is -2.16. The van der Waals surface area contributed by atoms with Crippen LogP contribution in [0, 0.1) is 11.6 Å². The number of halogens is 2. The van der Waals surface area contributed by atoms with Crippen molar-refractivity contribution >= 4 is 17.6 Å². The fraction of sp³-hybridized carbons (Fsp3) is 0.176. The number of carbonyl (C=O) groups is 2. The van der Waals surface area contributed by atoms with Gasteiger partial charge in [0.05, 0.1) is 18.4 Å². The molecule has 0 aliphatic carbocycles. The summed E-state index contributed by atoms with van der Waals surface area (Å²) in [5, 5.41) is 2.52. The second kappa shape index (κ2) is 7.54. The molecule has 0 spiro atoms. The molecule has 0 unspecified atom stereocenters. The summed E-state index contributed by atoms with van der Waals surface area (Å²) in [5.74, 6) is -3.12. The molecule has 7 heteroatoms. The van der Waals surface area contributed by atoms with Crippen molar-refractivity contribution in [3.63, 3.8) is 0 Å². The van der Waals surface area contributed by atoms with Gasteiger partial charge >= 0.3 is 5.97 Å². The van der Waals surface area contributed by atoms with Crippen LogP contribution in [0.2, 0.25) is 0 Å². The van der Waals surface area contributed by atoms with E-state index in [4.69, 9.17) is 4.74 Å². The van der Waals surface area contributed by atoms with E-state index in [1.165, 1.54) is 26.2 Å². The van der Waals surface area contributed by atoms with Crippen molar-refractivity contribution in [3.8, 4) is 5.75 Å². The number of ether oxygens (including phenoxy) is 2. The lowest BCUT2D eigenvalue weighted by Crippen LogP contribution is -2.31. The van der Waals surface area contributed by atoms with Gasteiger partial charge in [0.2, 0.25) is 0 Å². The first kappa shape index (κ1) is 17.4. The average molecular weight is 335 g/mol. The molecular formula is C17H15F2NO4. The first-order valence-corrected chi connectivity index (χ1v) is 7.02. The molecule has 2 aromatic rings. The first-order chi connectivity index (χ1) is 11.4. The fourth-order valence-corrected chi connectivity index (χ4v) is 1.93. The van der Waals surface area contributed by atoms with Crippen LogP contribution in [0.4, 0.5) is 14.5 Å². The molecule has 2 aromatic carbocycles. The molecule has 1 atom stereocenters. The highest BCUT2D eigenvalue weighted by molar-refractivity contribution is 6.02. The number of nitrogens with one attached hydrogen (secondary N) is 1. The number of benzene rings is 2. The van der Waals surface area contributed by atoms with Gasteiger partial charge in [0.1, 0.15) is 5.82 Å². The first-order valence-electron chi connectivity index (χ1n) is 7.02. The Labute approximate surface area is 137 Å². The van der Waals surface area contributed by atoms with Gasteiger partial charge in [-0.15, -0.1) is 0 Å². The maximum Gasteiger partial charge on any atom is 0.339 e. The summed E-state index contributed by atoms with van der Waals surface area (Å²) in [4.78, 5) is 23.8. The number of esters is 1. The van der Waals surface area contributed by atoms with Gasteiger partial charge in [-0.05, 0) is 31.2 Å². The zero-order valence-electron chi connectivity index (χ0n) is 13.0. The van der Waals surface area contributed by atoms with Crippen molar-refractivity contribution in [1.82, 2.24) is 0 Å². The van der Waals surface area contributed by atoms with Gasteiger partial charge in [0.25, 0.3) is 5.91 Å². The van der Waals surface area contributed by atoms with Crippen molar-refractivity contribution in [2.45, 2.75) is 13.0 Å². The number of rotatable bonds is 5. The third-order valence-corrected chi connectivity index (χ3v) is 3.16. The average Bonchev–Trinajstić information content (AvgIpc) is 2.57. The van der Waals surface area contributed by atoms with E-state index < -0.39 is 29.6 Å². The molecule has 126 valence electrons. The minimum absolute atomic E-state index is 0.175. The Bertz CT molecular complexity index is 764. The third-order valence-electron chi connectivity index (χ3n) is 3.16. The Morgan fingerprint density at radius 2 is 1.83 bits per heavy atom. The van der Waals surface area contributed by atoms with Gasteiger partial charge in [-0.1, -0.05) is 12.1 Å². The molecule has 1 N–H and O–H groups in total. The Hall–Kier alpha value is -2.96. The number of carbonyl (C=O) groups excluding carboxylic acids is 2. The molecule has 24 heavy (non-hydrogen) atoms. The summed E-state index contributed by atoms with van der Waals surface area (Å²) in [6, 6.07) is 9.05. The third kappa shape index (κ3) is 4.07. The Kier molecular flexibility index (Phi) is 5.47. The van der Waals surface area contributed by atoms with Gasteiger partial charge in [-0.25, -0.2) is 13.6 Å². The van der Waals surface area contributed by atoms with Crippen molar-refractivity contribution < 1.29 is 27.8 Å². The predicted octanol–water partition coefficient (Wildman–Crippen LogP) is 3.16. The maximum atomic E-state index is 13.6. The molecule has 2 rings (SSSR count). The van der Waals surface area contributed by atoms with Crippen LogP contribution >= 0.6 is 0 Å². The summed E-state index contributed by atoms with van der Waals surface area (Å²) in [6.07, 6.45) is -1.07. The normalized spacial score (nSPS) is 11.5. The van der Waals surface area contributed by atoms with Crippen LogP contribution in [-0.4, -0.2) is 25.1 Å². The lowest BCUT2D eigenvalue weighted by atomic mass is 10.1. The monoisotopic (exact) mass is 335 g/mol. The van der Waals surface area contributed by atoms with Crippen LogP contribution < -0.4 is 10.1 Å². The molecule has 0 aliphatic rings. The lowest BCUT2D eigenvalue weighted by molar-refractivity contribution is -0.122. The van der Waals surface area contributed by atoms with Crippen LogP contribution in [-0.2, 0) is 9.53 Å². The van der Waals surface area contributed by atoms with Crippen molar-refractivity contribution in [1.29, 1.82) is 0 Å². The zero-order valence-corrected chi connectivity index (χ0v) is 13.0. The van der Waals surface area contributed by atoms with Crippen LogP contribution in [0.5, 0.6) is 5.75 Å². The quantitative estimate of drug-likeness (QED) is 0.853. The number of hydrogen-bond donors (Lipinski definition) is 1. The van der Waals surface area contributed by atoms with Crippen molar-refractivity contribution in [3.05, 3.63) is 59.7 Å². The summed E-state index contributed by atoms with van der Waals surface area (Å²) < 4.78 is 36.3. The molecule has 0 aromatic heterocycles. The molecule has 5 nitrogen and oxygen atoms in total. The van der Waals surface area contributed by atoms with Crippen LogP contribution in [0.1, 0.15) is 17.3 Å². The number of methoxy groups -OCH3 is 1. The number of anilines is 1. The molecule has 0 aliphatic heterocycles. The van der Waals surface area contributed by atoms with Gasteiger partial charge in [-0.3, -0.25) is 4.79 Å². The molecular weight excluding hydrogens is 320 g/mol. The van der Waals surface area contributed by atoms with E-state index in [9.17, 15) is 18.4 Å². The van der Waals surface area contributed by atoms with Crippen LogP contribution in [0.15, 0.2) is 42.5 Å². The minimum Gasteiger partial charge on any atom is -0.478 e. The molecule has 1 amide bonds. The van der Waals surface area contributed by atoms with E-state index in [1.807, 2.05) is 0 Å². The van der Waals surface area contributed by atoms with Crippen LogP contribution in [0.25, 0.3) is 0 Å². The van der Waals surface area contributed by atoms with Crippen molar-refractivity contribution in [2.75, 3.05) is 12.4 Å². The molecule has 0 fully saturated rings. The molecule has 0 saturated heterocycles.